The second kappa shape index (κ2) is 11.4. The molecule has 1 N–H and O–H groups in total. The van der Waals surface area contributed by atoms with E-state index in [4.69, 9.17) is 18.7 Å². The molecule has 1 atom stereocenters. The Labute approximate surface area is 78.2 Å². The molecule has 6 heteroatoms. The second-order valence-corrected chi connectivity index (χ2v) is 1.76. The molecule has 0 heterocycles. The van der Waals surface area contributed by atoms with Crippen LogP contribution >= 0.6 is 0 Å². The molecular weight excluding hydrogens is 155 g/mol. The van der Waals surface area contributed by atoms with Gasteiger partial charge >= 0.3 is 29.6 Å². The van der Waals surface area contributed by atoms with E-state index in [1.165, 1.54) is 6.26 Å². The summed E-state index contributed by atoms with van der Waals surface area (Å²) in [6, 6.07) is 0. The van der Waals surface area contributed by atoms with E-state index >= 15 is 0 Å². The van der Waals surface area contributed by atoms with Crippen molar-refractivity contribution in [3.8, 4) is 0 Å². The van der Waals surface area contributed by atoms with Crippen LogP contribution in [0.5, 0.6) is 0 Å². The van der Waals surface area contributed by atoms with Crippen molar-refractivity contribution in [3.63, 3.8) is 0 Å². The van der Waals surface area contributed by atoms with Gasteiger partial charge in [0.15, 0.2) is 0 Å². The molecule has 0 spiro atoms. The van der Waals surface area contributed by atoms with E-state index in [1.807, 2.05) is 0 Å². The normalized spacial score (nSPS) is 9.67. The Morgan fingerprint density at radius 3 is 1.67 bits per heavy atom. The van der Waals surface area contributed by atoms with Gasteiger partial charge in [-0.15, -0.1) is 0 Å². The minimum atomic E-state index is -1.61. The van der Waals surface area contributed by atoms with Crippen molar-refractivity contribution in [3.05, 3.63) is 0 Å². The van der Waals surface area contributed by atoms with Gasteiger partial charge in [-0.1, -0.05) is 0 Å². The first-order chi connectivity index (χ1) is 3.46. The molecule has 0 rings (SSSR count). The van der Waals surface area contributed by atoms with E-state index in [9.17, 15) is 0 Å². The van der Waals surface area contributed by atoms with E-state index < -0.39 is 17.0 Å². The van der Waals surface area contributed by atoms with Crippen LogP contribution < -0.4 is 34.7 Å². The third-order valence-corrected chi connectivity index (χ3v) is 0. The number of carbonyl (C=O) groups excluding carboxylic acids is 1. The van der Waals surface area contributed by atoms with E-state index in [1.54, 1.807) is 0 Å². The minimum absolute atomic E-state index is 0. The van der Waals surface area contributed by atoms with Crippen LogP contribution in [0.3, 0.4) is 0 Å². The molecule has 0 aromatic rings. The predicted octanol–water partition coefficient (Wildman–Crippen LogP) is -4.40. The number of carboxylic acid groups (broad SMARTS) is 1. The average molecular weight is 162 g/mol. The fraction of sp³-hybridized carbons (Fsp3) is 0.667. The number of aliphatic carboxylic acids is 1. The van der Waals surface area contributed by atoms with Crippen molar-refractivity contribution in [2.75, 3.05) is 6.26 Å². The molecule has 0 radical (unpaired) electrons. The summed E-state index contributed by atoms with van der Waals surface area (Å²) in [4.78, 5) is 8.89. The Morgan fingerprint density at radius 1 is 1.67 bits per heavy atom. The molecule has 0 aliphatic rings. The van der Waals surface area contributed by atoms with Crippen LogP contribution in [0.4, 0.5) is 0 Å². The molecule has 0 aliphatic heterocycles. The summed E-state index contributed by atoms with van der Waals surface area (Å²) in [6.45, 7) is 0.972. The first-order valence-corrected chi connectivity index (χ1v) is 3.18. The zero-order chi connectivity index (χ0) is 7.15. The predicted molar refractivity (Wildman–Crippen MR) is 27.4 cm³/mol. The number of rotatable bonds is 0. The van der Waals surface area contributed by atoms with Crippen LogP contribution in [0.15, 0.2) is 0 Å². The molecule has 0 saturated carbocycles. The molecule has 50 valence electrons. The number of carboxylic acids is 1. The van der Waals surface area contributed by atoms with E-state index in [2.05, 4.69) is 0 Å². The van der Waals surface area contributed by atoms with Crippen LogP contribution in [-0.4, -0.2) is 21.0 Å². The molecular formula is C3H7NaO4S. The molecule has 0 aromatic carbocycles. The largest absolute Gasteiger partial charge is 1.00 e. The van der Waals surface area contributed by atoms with Gasteiger partial charge in [-0.05, 0) is 6.92 Å². The monoisotopic (exact) mass is 162 g/mol. The summed E-state index contributed by atoms with van der Waals surface area (Å²) in [7, 11) is 0. The average Bonchev–Trinajstić information content (AvgIpc) is 1.25. The summed E-state index contributed by atoms with van der Waals surface area (Å²) in [5.74, 6) is -1.08. The fourth-order valence-electron chi connectivity index (χ4n) is 0. The van der Waals surface area contributed by atoms with Gasteiger partial charge in [0, 0.05) is 12.2 Å². The molecule has 0 aliphatic carbocycles. The SMILES string of the molecule is CC(=O)[O-].CS(=O)O.[Na+]. The van der Waals surface area contributed by atoms with Gasteiger partial charge in [-0.3, -0.25) is 0 Å². The zero-order valence-corrected chi connectivity index (χ0v) is 8.40. The van der Waals surface area contributed by atoms with Gasteiger partial charge in [-0.2, -0.15) is 0 Å². The standard InChI is InChI=1S/C2H4O2.CH4O2S.Na/c1-2(3)4;1-4(2)3;/h1H3,(H,3,4);1H3,(H,2,3);/q;;+1/p-1. The first-order valence-electron chi connectivity index (χ1n) is 1.67. The van der Waals surface area contributed by atoms with Gasteiger partial charge in [0.2, 0.25) is 0 Å². The Morgan fingerprint density at radius 2 is 1.67 bits per heavy atom. The Balaban J connectivity index is -0.0000000720. The summed E-state index contributed by atoms with van der Waals surface area (Å²) in [5.41, 5.74) is 0. The summed E-state index contributed by atoms with van der Waals surface area (Å²) >= 11 is -1.61. The van der Waals surface area contributed by atoms with Crippen molar-refractivity contribution < 1.29 is 48.2 Å². The second-order valence-electron chi connectivity index (χ2n) is 0.915. The van der Waals surface area contributed by atoms with Crippen LogP contribution in [0.2, 0.25) is 0 Å². The topological polar surface area (TPSA) is 77.4 Å². The number of hydrogen-bond donors (Lipinski definition) is 1. The van der Waals surface area contributed by atoms with Crippen molar-refractivity contribution >= 4 is 17.0 Å². The molecule has 0 amide bonds. The van der Waals surface area contributed by atoms with Crippen LogP contribution in [0.1, 0.15) is 6.92 Å². The van der Waals surface area contributed by atoms with Gasteiger partial charge in [0.05, 0.1) is 0 Å². The van der Waals surface area contributed by atoms with Gasteiger partial charge < -0.3 is 14.5 Å². The molecule has 9 heavy (non-hydrogen) atoms. The van der Waals surface area contributed by atoms with Gasteiger partial charge in [0.1, 0.15) is 11.1 Å². The van der Waals surface area contributed by atoms with Crippen LogP contribution in [-0.2, 0) is 15.9 Å². The zero-order valence-electron chi connectivity index (χ0n) is 5.58. The van der Waals surface area contributed by atoms with Gasteiger partial charge in [0.25, 0.3) is 0 Å². The Bertz CT molecular complexity index is 73.8. The van der Waals surface area contributed by atoms with E-state index in [0.717, 1.165) is 6.92 Å². The summed E-state index contributed by atoms with van der Waals surface area (Å²) < 4.78 is 16.6. The van der Waals surface area contributed by atoms with E-state index in [0.29, 0.717) is 0 Å². The quantitative estimate of drug-likeness (QED) is 0.288. The summed E-state index contributed by atoms with van der Waals surface area (Å²) in [6.07, 6.45) is 1.19. The molecule has 0 fully saturated rings. The van der Waals surface area contributed by atoms with Gasteiger partial charge in [-0.25, -0.2) is 4.21 Å². The Kier molecular flexibility index (Phi) is 20.6. The minimum Gasteiger partial charge on any atom is -0.550 e. The van der Waals surface area contributed by atoms with Crippen molar-refractivity contribution in [1.29, 1.82) is 0 Å². The van der Waals surface area contributed by atoms with Crippen LogP contribution in [0.25, 0.3) is 0 Å². The third kappa shape index (κ3) is 1100. The molecule has 0 bridgehead atoms. The molecule has 4 nitrogen and oxygen atoms in total. The third-order valence-electron chi connectivity index (χ3n) is 0. The maximum Gasteiger partial charge on any atom is 1.00 e. The van der Waals surface area contributed by atoms with Crippen molar-refractivity contribution in [2.45, 2.75) is 6.92 Å². The smallest absolute Gasteiger partial charge is 0.550 e. The van der Waals surface area contributed by atoms with Crippen LogP contribution in [0, 0.1) is 0 Å². The van der Waals surface area contributed by atoms with Crippen molar-refractivity contribution in [1.82, 2.24) is 0 Å². The molecule has 1 unspecified atom stereocenters. The van der Waals surface area contributed by atoms with E-state index in [-0.39, 0.29) is 29.6 Å². The molecule has 0 aromatic heterocycles. The molecule has 0 saturated heterocycles. The number of hydrogen-bond acceptors (Lipinski definition) is 3. The number of carbonyl (C=O) groups is 1. The Hall–Kier alpha value is 0.580. The summed E-state index contributed by atoms with van der Waals surface area (Å²) in [5, 5.41) is 8.89. The fourth-order valence-corrected chi connectivity index (χ4v) is 0. The van der Waals surface area contributed by atoms with Crippen molar-refractivity contribution in [2.24, 2.45) is 0 Å². The maximum absolute atomic E-state index is 9.11. The maximum atomic E-state index is 9.11. The first kappa shape index (κ1) is 16.3.